The van der Waals surface area contributed by atoms with Crippen LogP contribution < -0.4 is 0 Å². The molecule has 0 bridgehead atoms. The summed E-state index contributed by atoms with van der Waals surface area (Å²) in [6.07, 6.45) is 3.60. The molecule has 0 fully saturated rings. The van der Waals surface area contributed by atoms with Crippen molar-refractivity contribution in [2.75, 3.05) is 13.6 Å². The van der Waals surface area contributed by atoms with Gasteiger partial charge in [0.25, 0.3) is 0 Å². The van der Waals surface area contributed by atoms with E-state index < -0.39 is 0 Å². The molecular formula is C10H20ClNO. The van der Waals surface area contributed by atoms with Crippen molar-refractivity contribution in [2.24, 2.45) is 0 Å². The molecule has 1 atom stereocenters. The fourth-order valence-electron chi connectivity index (χ4n) is 1.02. The van der Waals surface area contributed by atoms with Crippen LogP contribution in [0.15, 0.2) is 0 Å². The zero-order valence-corrected chi connectivity index (χ0v) is 9.60. The molecule has 0 aliphatic heterocycles. The van der Waals surface area contributed by atoms with Gasteiger partial charge in [0, 0.05) is 25.4 Å². The Morgan fingerprint density at radius 1 is 1.54 bits per heavy atom. The van der Waals surface area contributed by atoms with Crippen LogP contribution in [0.1, 0.15) is 39.5 Å². The molecule has 0 radical (unpaired) electrons. The minimum atomic E-state index is 0.154. The topological polar surface area (TPSA) is 20.3 Å². The van der Waals surface area contributed by atoms with Crippen molar-refractivity contribution in [3.8, 4) is 0 Å². The maximum atomic E-state index is 11.4. The Kier molecular flexibility index (Phi) is 7.06. The number of nitrogens with zero attached hydrogens (tertiary/aromatic N) is 1. The van der Waals surface area contributed by atoms with Crippen LogP contribution in [0.5, 0.6) is 0 Å². The molecule has 0 saturated heterocycles. The molecule has 1 amide bonds. The second-order valence-electron chi connectivity index (χ2n) is 3.49. The highest BCUT2D eigenvalue weighted by Gasteiger charge is 2.08. The van der Waals surface area contributed by atoms with Gasteiger partial charge in [-0.3, -0.25) is 4.79 Å². The monoisotopic (exact) mass is 205 g/mol. The number of alkyl halides is 1. The number of carbonyl (C=O) groups excluding carboxylic acids is 1. The van der Waals surface area contributed by atoms with Gasteiger partial charge in [0.05, 0.1) is 0 Å². The molecule has 0 aliphatic carbocycles. The summed E-state index contributed by atoms with van der Waals surface area (Å²) in [5, 5.41) is 0.154. The van der Waals surface area contributed by atoms with Crippen molar-refractivity contribution in [2.45, 2.75) is 44.9 Å². The third kappa shape index (κ3) is 6.88. The van der Waals surface area contributed by atoms with Crippen molar-refractivity contribution in [3.63, 3.8) is 0 Å². The molecule has 0 aromatic carbocycles. The van der Waals surface area contributed by atoms with Gasteiger partial charge in [0.1, 0.15) is 0 Å². The van der Waals surface area contributed by atoms with E-state index in [9.17, 15) is 4.79 Å². The van der Waals surface area contributed by atoms with E-state index in [0.717, 1.165) is 25.8 Å². The van der Waals surface area contributed by atoms with Gasteiger partial charge in [0.15, 0.2) is 0 Å². The first-order valence-corrected chi connectivity index (χ1v) is 5.39. The zero-order valence-electron chi connectivity index (χ0n) is 8.85. The predicted octanol–water partition coefficient (Wildman–Crippen LogP) is 2.65. The lowest BCUT2D eigenvalue weighted by atomic mass is 10.2. The highest BCUT2D eigenvalue weighted by atomic mass is 35.5. The summed E-state index contributed by atoms with van der Waals surface area (Å²) in [6.45, 7) is 4.81. The van der Waals surface area contributed by atoms with Gasteiger partial charge in [-0.1, -0.05) is 13.3 Å². The van der Waals surface area contributed by atoms with Crippen molar-refractivity contribution >= 4 is 17.5 Å². The summed E-state index contributed by atoms with van der Waals surface area (Å²) < 4.78 is 0. The van der Waals surface area contributed by atoms with E-state index in [0.29, 0.717) is 6.42 Å². The Morgan fingerprint density at radius 2 is 2.15 bits per heavy atom. The Balaban J connectivity index is 3.57. The summed E-state index contributed by atoms with van der Waals surface area (Å²) >= 11 is 5.79. The van der Waals surface area contributed by atoms with Gasteiger partial charge in [0.2, 0.25) is 5.91 Å². The Hall–Kier alpha value is -0.240. The summed E-state index contributed by atoms with van der Waals surface area (Å²) in [7, 11) is 1.84. The molecule has 0 N–H and O–H groups in total. The van der Waals surface area contributed by atoms with E-state index in [-0.39, 0.29) is 11.3 Å². The molecule has 0 spiro atoms. The second kappa shape index (κ2) is 7.19. The van der Waals surface area contributed by atoms with Crippen LogP contribution in [0.4, 0.5) is 0 Å². The van der Waals surface area contributed by atoms with Gasteiger partial charge < -0.3 is 4.90 Å². The fraction of sp³-hybridized carbons (Fsp3) is 0.900. The summed E-state index contributed by atoms with van der Waals surface area (Å²) in [6, 6.07) is 0. The predicted molar refractivity (Wildman–Crippen MR) is 57.1 cm³/mol. The highest BCUT2D eigenvalue weighted by Crippen LogP contribution is 2.03. The van der Waals surface area contributed by atoms with Crippen molar-refractivity contribution in [3.05, 3.63) is 0 Å². The van der Waals surface area contributed by atoms with E-state index in [1.54, 1.807) is 4.90 Å². The first-order valence-electron chi connectivity index (χ1n) is 4.96. The van der Waals surface area contributed by atoms with Crippen LogP contribution in [0.2, 0.25) is 0 Å². The van der Waals surface area contributed by atoms with Crippen LogP contribution in [-0.2, 0) is 4.79 Å². The van der Waals surface area contributed by atoms with Crippen LogP contribution >= 0.6 is 11.6 Å². The second-order valence-corrected chi connectivity index (χ2v) is 4.23. The molecule has 0 rings (SSSR count). The lowest BCUT2D eigenvalue weighted by Crippen LogP contribution is -2.28. The molecule has 2 nitrogen and oxygen atoms in total. The van der Waals surface area contributed by atoms with Crippen LogP contribution in [0, 0.1) is 0 Å². The number of halogens is 1. The minimum Gasteiger partial charge on any atom is -0.346 e. The van der Waals surface area contributed by atoms with Gasteiger partial charge in [-0.2, -0.15) is 0 Å². The highest BCUT2D eigenvalue weighted by molar-refractivity contribution is 6.20. The van der Waals surface area contributed by atoms with Gasteiger partial charge >= 0.3 is 0 Å². The van der Waals surface area contributed by atoms with Crippen molar-refractivity contribution < 1.29 is 4.79 Å². The molecule has 0 heterocycles. The molecule has 13 heavy (non-hydrogen) atoms. The molecule has 0 saturated carbocycles. The van der Waals surface area contributed by atoms with E-state index in [1.807, 2.05) is 14.0 Å². The first kappa shape index (κ1) is 12.8. The minimum absolute atomic E-state index is 0.154. The van der Waals surface area contributed by atoms with E-state index in [4.69, 9.17) is 11.6 Å². The lowest BCUT2D eigenvalue weighted by molar-refractivity contribution is -0.130. The standard InChI is InChI=1S/C10H20ClNO/c1-4-5-6-10(13)12(3)8-7-9(2)11/h9H,4-8H2,1-3H3. The third-order valence-electron chi connectivity index (χ3n) is 2.03. The number of amides is 1. The average molecular weight is 206 g/mol. The molecule has 78 valence electrons. The number of hydrogen-bond donors (Lipinski definition) is 0. The fourth-order valence-corrected chi connectivity index (χ4v) is 1.11. The Morgan fingerprint density at radius 3 is 2.62 bits per heavy atom. The Bertz CT molecular complexity index is 148. The SMILES string of the molecule is CCCCC(=O)N(C)CCC(C)Cl. The van der Waals surface area contributed by atoms with E-state index >= 15 is 0 Å². The van der Waals surface area contributed by atoms with Crippen molar-refractivity contribution in [1.82, 2.24) is 4.90 Å². The van der Waals surface area contributed by atoms with Crippen LogP contribution in [0.3, 0.4) is 0 Å². The normalized spacial score (nSPS) is 12.6. The summed E-state index contributed by atoms with van der Waals surface area (Å²) in [4.78, 5) is 13.2. The number of rotatable bonds is 6. The number of unbranched alkanes of at least 4 members (excludes halogenated alkanes) is 1. The summed E-state index contributed by atoms with van der Waals surface area (Å²) in [5.74, 6) is 0.235. The van der Waals surface area contributed by atoms with Gasteiger partial charge in [-0.25, -0.2) is 0 Å². The summed E-state index contributed by atoms with van der Waals surface area (Å²) in [5.41, 5.74) is 0. The Labute approximate surface area is 86.2 Å². The quantitative estimate of drug-likeness (QED) is 0.611. The molecule has 0 aromatic rings. The molecule has 1 unspecified atom stereocenters. The smallest absolute Gasteiger partial charge is 0.222 e. The van der Waals surface area contributed by atoms with E-state index in [2.05, 4.69) is 6.92 Å². The molecular weight excluding hydrogens is 186 g/mol. The first-order chi connectivity index (χ1) is 6.07. The van der Waals surface area contributed by atoms with Gasteiger partial charge in [-0.15, -0.1) is 11.6 Å². The molecule has 0 aromatic heterocycles. The lowest BCUT2D eigenvalue weighted by Gasteiger charge is -2.17. The zero-order chi connectivity index (χ0) is 10.3. The van der Waals surface area contributed by atoms with Gasteiger partial charge in [-0.05, 0) is 19.8 Å². The maximum Gasteiger partial charge on any atom is 0.222 e. The molecule has 0 aliphatic rings. The van der Waals surface area contributed by atoms with Crippen molar-refractivity contribution in [1.29, 1.82) is 0 Å². The van der Waals surface area contributed by atoms with Crippen LogP contribution in [0.25, 0.3) is 0 Å². The number of carbonyl (C=O) groups is 1. The maximum absolute atomic E-state index is 11.4. The molecule has 3 heteroatoms. The number of hydrogen-bond acceptors (Lipinski definition) is 1. The third-order valence-corrected chi connectivity index (χ3v) is 2.25. The van der Waals surface area contributed by atoms with E-state index in [1.165, 1.54) is 0 Å². The van der Waals surface area contributed by atoms with Crippen LogP contribution in [-0.4, -0.2) is 29.8 Å². The largest absolute Gasteiger partial charge is 0.346 e. The average Bonchev–Trinajstić information content (AvgIpc) is 2.10.